The molecule has 4 atom stereocenters. The first kappa shape index (κ1) is 9.52. The van der Waals surface area contributed by atoms with Crippen molar-refractivity contribution in [2.24, 2.45) is 17.8 Å². The van der Waals surface area contributed by atoms with Gasteiger partial charge in [-0.25, -0.2) is 4.79 Å². The Balaban J connectivity index is 2.28. The number of aliphatic hydroxyl groups excluding tert-OH is 1. The first-order valence-corrected chi connectivity index (χ1v) is 4.88. The van der Waals surface area contributed by atoms with E-state index in [1.165, 1.54) is 6.26 Å². The molecule has 0 aromatic heterocycles. The molecule has 0 saturated heterocycles. The van der Waals surface area contributed by atoms with Gasteiger partial charge in [0, 0.05) is 11.8 Å². The number of aliphatic carboxylic acids is 1. The van der Waals surface area contributed by atoms with Crippen LogP contribution in [0.5, 0.6) is 0 Å². The molecular weight excluding hydrogens is 184 g/mol. The number of carboxylic acids is 1. The number of carbonyl (C=O) groups is 1. The molecule has 78 valence electrons. The molecule has 0 spiro atoms. The molecule has 0 unspecified atom stereocenters. The Kier molecular flexibility index (Phi) is 2.23. The van der Waals surface area contributed by atoms with E-state index in [0.29, 0.717) is 11.5 Å². The predicted molar refractivity (Wildman–Crippen MR) is 48.2 cm³/mol. The average molecular weight is 198 g/mol. The zero-order valence-corrected chi connectivity index (χ0v) is 8.01. The Labute approximate surface area is 82.2 Å². The molecule has 0 aromatic carbocycles. The van der Waals surface area contributed by atoms with Gasteiger partial charge in [-0.15, -0.1) is 0 Å². The van der Waals surface area contributed by atoms with Gasteiger partial charge in [0.05, 0.1) is 11.8 Å². The van der Waals surface area contributed by atoms with E-state index < -0.39 is 12.3 Å². The van der Waals surface area contributed by atoms with Crippen LogP contribution in [0.2, 0.25) is 0 Å². The van der Waals surface area contributed by atoms with Gasteiger partial charge in [-0.2, -0.15) is 0 Å². The number of aliphatic hydroxyl groups is 1. The van der Waals surface area contributed by atoms with E-state index in [1.54, 1.807) is 0 Å². The summed E-state index contributed by atoms with van der Waals surface area (Å²) in [5.74, 6) is -0.684. The van der Waals surface area contributed by atoms with Crippen molar-refractivity contribution < 1.29 is 19.7 Å². The molecule has 2 aliphatic rings. The van der Waals surface area contributed by atoms with Crippen LogP contribution in [0.25, 0.3) is 0 Å². The summed E-state index contributed by atoms with van der Waals surface area (Å²) in [6.45, 7) is 2.03. The van der Waals surface area contributed by atoms with Crippen molar-refractivity contribution in [3.05, 3.63) is 11.8 Å². The second kappa shape index (κ2) is 3.28. The van der Waals surface area contributed by atoms with Crippen LogP contribution in [0.3, 0.4) is 0 Å². The lowest BCUT2D eigenvalue weighted by atomic mass is 9.84. The third kappa shape index (κ3) is 1.30. The average Bonchev–Trinajstić information content (AvgIpc) is 2.49. The molecule has 1 fully saturated rings. The monoisotopic (exact) mass is 198 g/mol. The number of carboxylic acid groups (broad SMARTS) is 1. The van der Waals surface area contributed by atoms with Crippen LogP contribution in [0.15, 0.2) is 11.8 Å². The first-order valence-electron chi connectivity index (χ1n) is 4.88. The van der Waals surface area contributed by atoms with Gasteiger partial charge >= 0.3 is 5.97 Å². The lowest BCUT2D eigenvalue weighted by Gasteiger charge is -2.31. The Bertz CT molecular complexity index is 284. The maximum absolute atomic E-state index is 10.9. The van der Waals surface area contributed by atoms with E-state index in [-0.39, 0.29) is 11.8 Å². The molecule has 4 heteroatoms. The summed E-state index contributed by atoms with van der Waals surface area (Å²) in [6.07, 6.45) is 2.16. The molecule has 1 saturated carbocycles. The van der Waals surface area contributed by atoms with Crippen LogP contribution in [-0.4, -0.2) is 22.5 Å². The molecule has 1 aliphatic heterocycles. The molecule has 2 rings (SSSR count). The molecule has 14 heavy (non-hydrogen) atoms. The molecule has 1 heterocycles. The number of hydrogen-bond acceptors (Lipinski definition) is 3. The summed E-state index contributed by atoms with van der Waals surface area (Å²) in [6, 6.07) is 0. The highest BCUT2D eigenvalue weighted by molar-refractivity contribution is 5.87. The van der Waals surface area contributed by atoms with E-state index in [4.69, 9.17) is 9.84 Å². The smallest absolute Gasteiger partial charge is 0.334 e. The SMILES string of the molecule is C[C@H]1CC[C@H]2C(C(=O)O)=CO[C@H](O)[C@@H]12. The highest BCUT2D eigenvalue weighted by Crippen LogP contribution is 2.45. The van der Waals surface area contributed by atoms with Crippen molar-refractivity contribution in [1.82, 2.24) is 0 Å². The van der Waals surface area contributed by atoms with Gasteiger partial charge in [-0.05, 0) is 18.8 Å². The third-order valence-electron chi connectivity index (χ3n) is 3.36. The Hall–Kier alpha value is -1.03. The molecule has 1 aliphatic carbocycles. The van der Waals surface area contributed by atoms with Gasteiger partial charge in [0.25, 0.3) is 0 Å². The molecule has 0 radical (unpaired) electrons. The number of ether oxygens (including phenoxy) is 1. The summed E-state index contributed by atoms with van der Waals surface area (Å²) in [7, 11) is 0. The van der Waals surface area contributed by atoms with Crippen molar-refractivity contribution in [2.75, 3.05) is 0 Å². The minimum Gasteiger partial charge on any atom is -0.478 e. The van der Waals surface area contributed by atoms with Crippen molar-refractivity contribution in [2.45, 2.75) is 26.1 Å². The molecule has 0 amide bonds. The Morgan fingerprint density at radius 3 is 2.93 bits per heavy atom. The fraction of sp³-hybridized carbons (Fsp3) is 0.700. The van der Waals surface area contributed by atoms with Gasteiger partial charge in [0.15, 0.2) is 6.29 Å². The molecule has 2 N–H and O–H groups in total. The van der Waals surface area contributed by atoms with E-state index in [9.17, 15) is 9.90 Å². The van der Waals surface area contributed by atoms with E-state index in [0.717, 1.165) is 12.8 Å². The van der Waals surface area contributed by atoms with Gasteiger partial charge in [-0.3, -0.25) is 0 Å². The van der Waals surface area contributed by atoms with Crippen LogP contribution < -0.4 is 0 Å². The minimum absolute atomic E-state index is 0.0359. The second-order valence-electron chi connectivity index (χ2n) is 4.14. The second-order valence-corrected chi connectivity index (χ2v) is 4.14. The van der Waals surface area contributed by atoms with Gasteiger partial charge < -0.3 is 14.9 Å². The van der Waals surface area contributed by atoms with Gasteiger partial charge in [0.1, 0.15) is 0 Å². The number of rotatable bonds is 1. The van der Waals surface area contributed by atoms with E-state index in [2.05, 4.69) is 0 Å². The summed E-state index contributed by atoms with van der Waals surface area (Å²) < 4.78 is 4.95. The third-order valence-corrected chi connectivity index (χ3v) is 3.36. The zero-order chi connectivity index (χ0) is 10.3. The van der Waals surface area contributed by atoms with Crippen LogP contribution in [0.4, 0.5) is 0 Å². The topological polar surface area (TPSA) is 66.8 Å². The predicted octanol–water partition coefficient (Wildman–Crippen LogP) is 0.966. The van der Waals surface area contributed by atoms with Crippen LogP contribution in [0.1, 0.15) is 19.8 Å². The first-order chi connectivity index (χ1) is 6.61. The summed E-state index contributed by atoms with van der Waals surface area (Å²) >= 11 is 0. The summed E-state index contributed by atoms with van der Waals surface area (Å²) in [5.41, 5.74) is 0.310. The molecule has 0 aromatic rings. The Morgan fingerprint density at radius 1 is 1.57 bits per heavy atom. The van der Waals surface area contributed by atoms with Crippen LogP contribution >= 0.6 is 0 Å². The number of hydrogen-bond donors (Lipinski definition) is 2. The molecule has 4 nitrogen and oxygen atoms in total. The van der Waals surface area contributed by atoms with Crippen molar-refractivity contribution in [3.63, 3.8) is 0 Å². The molecular formula is C10H14O4. The maximum atomic E-state index is 10.9. The minimum atomic E-state index is -0.930. The normalized spacial score (nSPS) is 41.1. The van der Waals surface area contributed by atoms with Crippen LogP contribution in [-0.2, 0) is 9.53 Å². The summed E-state index contributed by atoms with van der Waals surface area (Å²) in [5, 5.41) is 18.5. The van der Waals surface area contributed by atoms with E-state index in [1.807, 2.05) is 6.92 Å². The largest absolute Gasteiger partial charge is 0.478 e. The maximum Gasteiger partial charge on any atom is 0.334 e. The van der Waals surface area contributed by atoms with Crippen LogP contribution in [0, 0.1) is 17.8 Å². The van der Waals surface area contributed by atoms with E-state index >= 15 is 0 Å². The van der Waals surface area contributed by atoms with Gasteiger partial charge in [0.2, 0.25) is 0 Å². The zero-order valence-electron chi connectivity index (χ0n) is 8.01. The summed E-state index contributed by atoms with van der Waals surface area (Å²) in [4.78, 5) is 10.9. The fourth-order valence-corrected chi connectivity index (χ4v) is 2.60. The van der Waals surface area contributed by atoms with Crippen molar-refractivity contribution in [1.29, 1.82) is 0 Å². The quantitative estimate of drug-likeness (QED) is 0.658. The highest BCUT2D eigenvalue weighted by atomic mass is 16.6. The Morgan fingerprint density at radius 2 is 2.29 bits per heavy atom. The van der Waals surface area contributed by atoms with Crippen molar-refractivity contribution >= 4 is 5.97 Å². The standard InChI is InChI=1S/C10H14O4/c1-5-2-3-6-7(9(11)12)4-14-10(13)8(5)6/h4-6,8,10,13H,2-3H2,1H3,(H,11,12)/t5-,6-,8-,10-/m0/s1. The van der Waals surface area contributed by atoms with Crippen molar-refractivity contribution in [3.8, 4) is 0 Å². The lowest BCUT2D eigenvalue weighted by molar-refractivity contribution is -0.141. The van der Waals surface area contributed by atoms with Gasteiger partial charge in [-0.1, -0.05) is 6.92 Å². The number of fused-ring (bicyclic) bond motifs is 1. The highest BCUT2D eigenvalue weighted by Gasteiger charge is 2.45. The lowest BCUT2D eigenvalue weighted by Crippen LogP contribution is -2.35. The molecule has 0 bridgehead atoms. The fourth-order valence-electron chi connectivity index (χ4n) is 2.60.